The van der Waals surface area contributed by atoms with Crippen LogP contribution < -0.4 is 10.2 Å². The Balaban J connectivity index is 2.23. The van der Waals surface area contributed by atoms with Crippen molar-refractivity contribution in [3.8, 4) is 0 Å². The van der Waals surface area contributed by atoms with Crippen molar-refractivity contribution in [3.63, 3.8) is 0 Å². The zero-order valence-electron chi connectivity index (χ0n) is 9.95. The maximum absolute atomic E-state index is 12.2. The minimum absolute atomic E-state index is 0.137. The Kier molecular flexibility index (Phi) is 4.02. The van der Waals surface area contributed by atoms with Gasteiger partial charge >= 0.3 is 0 Å². The Morgan fingerprint density at radius 2 is 2.18 bits per heavy atom. The third-order valence-electron chi connectivity index (χ3n) is 2.98. The highest BCUT2D eigenvalue weighted by Crippen LogP contribution is 2.26. The maximum atomic E-state index is 12.2. The molecule has 1 aliphatic heterocycles. The van der Waals surface area contributed by atoms with Crippen molar-refractivity contribution < 1.29 is 4.79 Å². The number of para-hydroxylation sites is 1. The molecule has 0 aromatic heterocycles. The first-order chi connectivity index (χ1) is 8.18. The van der Waals surface area contributed by atoms with Crippen LogP contribution in [0.15, 0.2) is 24.3 Å². The van der Waals surface area contributed by atoms with Crippen molar-refractivity contribution in [3.05, 3.63) is 29.3 Å². The fraction of sp³-hybridized carbons (Fsp3) is 0.462. The Labute approximate surface area is 107 Å². The van der Waals surface area contributed by atoms with Crippen molar-refractivity contribution in [2.45, 2.75) is 25.8 Å². The van der Waals surface area contributed by atoms with Gasteiger partial charge in [0, 0.05) is 19.0 Å². The second-order valence-corrected chi connectivity index (χ2v) is 4.82. The lowest BCUT2D eigenvalue weighted by atomic mass is 10.1. The van der Waals surface area contributed by atoms with Crippen molar-refractivity contribution in [2.24, 2.45) is 0 Å². The molecule has 17 heavy (non-hydrogen) atoms. The molecule has 1 aromatic carbocycles. The summed E-state index contributed by atoms with van der Waals surface area (Å²) in [5.74, 6) is 0.137. The molecule has 1 unspecified atom stereocenters. The Morgan fingerprint density at radius 1 is 1.41 bits per heavy atom. The second kappa shape index (κ2) is 5.52. The lowest BCUT2D eigenvalue weighted by Crippen LogP contribution is -2.42. The summed E-state index contributed by atoms with van der Waals surface area (Å²) < 4.78 is 0. The van der Waals surface area contributed by atoms with Crippen LogP contribution in [-0.4, -0.2) is 25.0 Å². The van der Waals surface area contributed by atoms with Crippen LogP contribution in [0.4, 0.5) is 5.69 Å². The summed E-state index contributed by atoms with van der Waals surface area (Å²) in [6, 6.07) is 7.75. The molecule has 1 saturated heterocycles. The molecule has 92 valence electrons. The van der Waals surface area contributed by atoms with Crippen LogP contribution in [0.5, 0.6) is 0 Å². The summed E-state index contributed by atoms with van der Waals surface area (Å²) >= 11 is 6.14. The topological polar surface area (TPSA) is 32.3 Å². The van der Waals surface area contributed by atoms with Crippen LogP contribution in [0.1, 0.15) is 19.8 Å². The van der Waals surface area contributed by atoms with Gasteiger partial charge in [-0.05, 0) is 32.0 Å². The van der Waals surface area contributed by atoms with Crippen LogP contribution in [-0.2, 0) is 4.79 Å². The summed E-state index contributed by atoms with van der Waals surface area (Å²) in [4.78, 5) is 14.0. The molecule has 1 aliphatic rings. The number of nitrogens with one attached hydrogen (secondary N) is 1. The number of carbonyl (C=O) groups is 1. The molecule has 0 bridgehead atoms. The number of amides is 1. The van der Waals surface area contributed by atoms with Crippen molar-refractivity contribution in [2.75, 3.05) is 18.0 Å². The molecule has 0 aliphatic carbocycles. The number of halogens is 1. The first-order valence-electron chi connectivity index (χ1n) is 5.97. The Morgan fingerprint density at radius 3 is 2.94 bits per heavy atom. The summed E-state index contributed by atoms with van der Waals surface area (Å²) in [6.45, 7) is 3.70. The lowest BCUT2D eigenvalue weighted by Gasteiger charge is -2.28. The van der Waals surface area contributed by atoms with E-state index in [-0.39, 0.29) is 11.9 Å². The summed E-state index contributed by atoms with van der Waals surface area (Å²) in [5.41, 5.74) is 0.827. The molecule has 0 saturated carbocycles. The summed E-state index contributed by atoms with van der Waals surface area (Å²) in [6.07, 6.45) is 1.46. The van der Waals surface area contributed by atoms with Gasteiger partial charge in [0.25, 0.3) is 0 Å². The SMILES string of the molecule is CC1CC(=O)N(c2ccccc2Cl)CCCN1. The van der Waals surface area contributed by atoms with E-state index < -0.39 is 0 Å². The average Bonchev–Trinajstić information content (AvgIpc) is 2.28. The normalized spacial score (nSPS) is 22.1. The fourth-order valence-electron chi connectivity index (χ4n) is 2.08. The highest BCUT2D eigenvalue weighted by Gasteiger charge is 2.21. The molecule has 1 N–H and O–H groups in total. The van der Waals surface area contributed by atoms with E-state index in [9.17, 15) is 4.79 Å². The van der Waals surface area contributed by atoms with Gasteiger partial charge in [-0.25, -0.2) is 0 Å². The van der Waals surface area contributed by atoms with E-state index in [1.54, 1.807) is 4.90 Å². The van der Waals surface area contributed by atoms with Crippen LogP contribution in [0.2, 0.25) is 5.02 Å². The van der Waals surface area contributed by atoms with Gasteiger partial charge in [-0.1, -0.05) is 23.7 Å². The van der Waals surface area contributed by atoms with Crippen molar-refractivity contribution in [1.82, 2.24) is 5.32 Å². The third-order valence-corrected chi connectivity index (χ3v) is 3.30. The molecule has 1 fully saturated rings. The fourth-order valence-corrected chi connectivity index (χ4v) is 2.32. The third kappa shape index (κ3) is 2.99. The van der Waals surface area contributed by atoms with Gasteiger partial charge < -0.3 is 10.2 Å². The molecular formula is C13H17ClN2O. The van der Waals surface area contributed by atoms with Crippen LogP contribution in [0.25, 0.3) is 0 Å². The van der Waals surface area contributed by atoms with Gasteiger partial charge in [0.15, 0.2) is 0 Å². The van der Waals surface area contributed by atoms with Gasteiger partial charge in [0.1, 0.15) is 0 Å². The molecule has 4 heteroatoms. The molecule has 0 spiro atoms. The van der Waals surface area contributed by atoms with Gasteiger partial charge in [-0.3, -0.25) is 4.79 Å². The summed E-state index contributed by atoms with van der Waals surface area (Å²) in [5, 5.41) is 3.96. The number of anilines is 1. The van der Waals surface area contributed by atoms with E-state index in [1.165, 1.54) is 0 Å². The molecule has 1 atom stereocenters. The second-order valence-electron chi connectivity index (χ2n) is 4.41. The minimum atomic E-state index is 0.137. The van der Waals surface area contributed by atoms with Gasteiger partial charge in [-0.15, -0.1) is 0 Å². The van der Waals surface area contributed by atoms with E-state index in [1.807, 2.05) is 31.2 Å². The number of hydrogen-bond acceptors (Lipinski definition) is 2. The number of nitrogens with zero attached hydrogens (tertiary/aromatic N) is 1. The predicted molar refractivity (Wildman–Crippen MR) is 70.5 cm³/mol. The van der Waals surface area contributed by atoms with E-state index in [4.69, 9.17) is 11.6 Å². The van der Waals surface area contributed by atoms with E-state index in [0.29, 0.717) is 11.4 Å². The van der Waals surface area contributed by atoms with Crippen molar-refractivity contribution in [1.29, 1.82) is 0 Å². The number of carbonyl (C=O) groups excluding carboxylic acids is 1. The molecule has 1 aromatic rings. The zero-order chi connectivity index (χ0) is 12.3. The van der Waals surface area contributed by atoms with Gasteiger partial charge in [0.2, 0.25) is 5.91 Å². The van der Waals surface area contributed by atoms with Gasteiger partial charge in [-0.2, -0.15) is 0 Å². The highest BCUT2D eigenvalue weighted by molar-refractivity contribution is 6.33. The maximum Gasteiger partial charge on any atom is 0.228 e. The molecule has 3 nitrogen and oxygen atoms in total. The van der Waals surface area contributed by atoms with Crippen LogP contribution in [0.3, 0.4) is 0 Å². The number of hydrogen-bond donors (Lipinski definition) is 1. The highest BCUT2D eigenvalue weighted by atomic mass is 35.5. The minimum Gasteiger partial charge on any atom is -0.314 e. The lowest BCUT2D eigenvalue weighted by molar-refractivity contribution is -0.119. The number of benzene rings is 1. The van der Waals surface area contributed by atoms with Gasteiger partial charge in [0.05, 0.1) is 10.7 Å². The molecule has 1 amide bonds. The quantitative estimate of drug-likeness (QED) is 0.833. The Bertz CT molecular complexity index is 408. The van der Waals surface area contributed by atoms with Crippen LogP contribution in [0, 0.1) is 0 Å². The molecule has 1 heterocycles. The smallest absolute Gasteiger partial charge is 0.228 e. The standard InChI is InChI=1S/C13H17ClN2O/c1-10-9-13(17)16(8-4-7-15-10)12-6-3-2-5-11(12)14/h2-3,5-6,10,15H,4,7-9H2,1H3. The van der Waals surface area contributed by atoms with E-state index in [0.717, 1.165) is 25.2 Å². The van der Waals surface area contributed by atoms with Crippen molar-refractivity contribution >= 4 is 23.2 Å². The molecular weight excluding hydrogens is 236 g/mol. The molecule has 0 radical (unpaired) electrons. The number of rotatable bonds is 1. The summed E-state index contributed by atoms with van der Waals surface area (Å²) in [7, 11) is 0. The van der Waals surface area contributed by atoms with Crippen LogP contribution >= 0.6 is 11.6 Å². The monoisotopic (exact) mass is 252 g/mol. The Hall–Kier alpha value is -1.06. The first kappa shape index (κ1) is 12.4. The average molecular weight is 253 g/mol. The molecule has 2 rings (SSSR count). The largest absolute Gasteiger partial charge is 0.314 e. The predicted octanol–water partition coefficient (Wildman–Crippen LogP) is 2.44. The van der Waals surface area contributed by atoms with E-state index >= 15 is 0 Å². The zero-order valence-corrected chi connectivity index (χ0v) is 10.7. The van der Waals surface area contributed by atoms with E-state index in [2.05, 4.69) is 5.32 Å². The first-order valence-corrected chi connectivity index (χ1v) is 6.34.